The van der Waals surface area contributed by atoms with E-state index in [0.717, 1.165) is 43.6 Å². The number of anilines is 1. The maximum atomic E-state index is 12.7. The zero-order valence-electron chi connectivity index (χ0n) is 19.6. The summed E-state index contributed by atoms with van der Waals surface area (Å²) in [6.07, 6.45) is 2.25. The summed E-state index contributed by atoms with van der Waals surface area (Å²) in [6.45, 7) is 7.52. The average Bonchev–Trinajstić information content (AvgIpc) is 3.33. The van der Waals surface area contributed by atoms with Gasteiger partial charge >= 0.3 is 0 Å². The van der Waals surface area contributed by atoms with Crippen molar-refractivity contribution in [3.63, 3.8) is 0 Å². The molecule has 1 amide bonds. The lowest BCUT2D eigenvalue weighted by Crippen LogP contribution is -2.40. The molecule has 1 atom stereocenters. The fourth-order valence-corrected chi connectivity index (χ4v) is 6.10. The first-order valence-electron chi connectivity index (χ1n) is 11.5. The van der Waals surface area contributed by atoms with Gasteiger partial charge in [0.2, 0.25) is 0 Å². The van der Waals surface area contributed by atoms with Gasteiger partial charge in [-0.15, -0.1) is 11.3 Å². The summed E-state index contributed by atoms with van der Waals surface area (Å²) >= 11 is 1.78. The largest absolute Gasteiger partial charge is 0.352 e. The summed E-state index contributed by atoms with van der Waals surface area (Å²) in [5.41, 5.74) is 2.90. The third kappa shape index (κ3) is 6.25. The molecule has 1 fully saturated rings. The second-order valence-corrected chi connectivity index (χ2v) is 11.7. The SMILES string of the molecule is Cc1ccc(S(=O)(=O)Nc2ccc(C(=O)NCC3CCCN(Cc4cccs4)C3)cc2)cc1C. The third-order valence-electron chi connectivity index (χ3n) is 6.30. The van der Waals surface area contributed by atoms with Crippen molar-refractivity contribution in [2.45, 2.75) is 38.1 Å². The zero-order valence-corrected chi connectivity index (χ0v) is 21.2. The van der Waals surface area contributed by atoms with Crippen LogP contribution in [0.25, 0.3) is 0 Å². The van der Waals surface area contributed by atoms with Crippen LogP contribution in [0.3, 0.4) is 0 Å². The second kappa shape index (κ2) is 10.7. The highest BCUT2D eigenvalue weighted by atomic mass is 32.2. The van der Waals surface area contributed by atoms with Gasteiger partial charge < -0.3 is 5.32 Å². The van der Waals surface area contributed by atoms with Gasteiger partial charge in [-0.1, -0.05) is 12.1 Å². The van der Waals surface area contributed by atoms with E-state index in [-0.39, 0.29) is 10.8 Å². The number of piperidine rings is 1. The number of nitrogens with zero attached hydrogens (tertiary/aromatic N) is 1. The number of carbonyl (C=O) groups excluding carboxylic acids is 1. The van der Waals surface area contributed by atoms with Crippen molar-refractivity contribution in [1.82, 2.24) is 10.2 Å². The Balaban J connectivity index is 1.30. The van der Waals surface area contributed by atoms with E-state index in [2.05, 4.69) is 32.5 Å². The van der Waals surface area contributed by atoms with Gasteiger partial charge in [0.25, 0.3) is 15.9 Å². The minimum atomic E-state index is -3.69. The maximum absolute atomic E-state index is 12.7. The molecule has 1 aliphatic heterocycles. The smallest absolute Gasteiger partial charge is 0.261 e. The number of likely N-dealkylation sites (tertiary alicyclic amines) is 1. The molecule has 1 aliphatic rings. The van der Waals surface area contributed by atoms with Crippen LogP contribution in [-0.4, -0.2) is 38.9 Å². The van der Waals surface area contributed by atoms with Gasteiger partial charge in [-0.2, -0.15) is 0 Å². The van der Waals surface area contributed by atoms with Crippen molar-refractivity contribution in [1.29, 1.82) is 0 Å². The van der Waals surface area contributed by atoms with Gasteiger partial charge in [-0.3, -0.25) is 14.4 Å². The lowest BCUT2D eigenvalue weighted by Gasteiger charge is -2.32. The van der Waals surface area contributed by atoms with E-state index in [1.54, 1.807) is 53.8 Å². The molecule has 2 aromatic carbocycles. The molecule has 2 heterocycles. The van der Waals surface area contributed by atoms with Crippen LogP contribution in [0.1, 0.15) is 39.2 Å². The van der Waals surface area contributed by atoms with E-state index in [1.165, 1.54) is 4.88 Å². The number of benzene rings is 2. The van der Waals surface area contributed by atoms with Crippen LogP contribution in [0.15, 0.2) is 64.9 Å². The summed E-state index contributed by atoms with van der Waals surface area (Å²) in [5, 5.41) is 5.16. The lowest BCUT2D eigenvalue weighted by atomic mass is 9.98. The minimum Gasteiger partial charge on any atom is -0.352 e. The number of rotatable bonds is 8. The van der Waals surface area contributed by atoms with Crippen molar-refractivity contribution in [2.75, 3.05) is 24.4 Å². The van der Waals surface area contributed by atoms with Gasteiger partial charge in [0.15, 0.2) is 0 Å². The topological polar surface area (TPSA) is 78.5 Å². The first-order valence-corrected chi connectivity index (χ1v) is 13.9. The molecule has 0 spiro atoms. The number of nitrogens with one attached hydrogen (secondary N) is 2. The molecule has 0 radical (unpaired) electrons. The predicted molar refractivity (Wildman–Crippen MR) is 138 cm³/mol. The molecule has 0 aliphatic carbocycles. The Bertz CT molecular complexity index is 1220. The van der Waals surface area contributed by atoms with Gasteiger partial charge in [-0.25, -0.2) is 8.42 Å². The van der Waals surface area contributed by atoms with Crippen molar-refractivity contribution in [2.24, 2.45) is 5.92 Å². The molecular weight excluding hydrogens is 466 g/mol. The van der Waals surface area contributed by atoms with Gasteiger partial charge in [0.05, 0.1) is 4.90 Å². The van der Waals surface area contributed by atoms with E-state index < -0.39 is 10.0 Å². The fourth-order valence-electron chi connectivity index (χ4n) is 4.21. The number of amides is 1. The van der Waals surface area contributed by atoms with Gasteiger partial charge in [-0.05, 0) is 98.1 Å². The van der Waals surface area contributed by atoms with Crippen LogP contribution in [0, 0.1) is 19.8 Å². The Morgan fingerprint density at radius 2 is 1.88 bits per heavy atom. The Kier molecular flexibility index (Phi) is 7.70. The molecule has 2 N–H and O–H groups in total. The monoisotopic (exact) mass is 497 g/mol. The summed E-state index contributed by atoms with van der Waals surface area (Å²) in [4.78, 5) is 16.7. The number of thiophene rings is 1. The Morgan fingerprint density at radius 3 is 2.59 bits per heavy atom. The van der Waals surface area contributed by atoms with E-state index in [9.17, 15) is 13.2 Å². The normalized spacial score (nSPS) is 16.8. The maximum Gasteiger partial charge on any atom is 0.261 e. The summed E-state index contributed by atoms with van der Waals surface area (Å²) in [7, 11) is -3.69. The zero-order chi connectivity index (χ0) is 24.1. The number of hydrogen-bond acceptors (Lipinski definition) is 5. The molecule has 1 aromatic heterocycles. The van der Waals surface area contributed by atoms with Crippen LogP contribution >= 0.6 is 11.3 Å². The fraction of sp³-hybridized carbons (Fsp3) is 0.346. The Labute approximate surface area is 206 Å². The second-order valence-electron chi connectivity index (χ2n) is 8.96. The molecule has 0 bridgehead atoms. The third-order valence-corrected chi connectivity index (χ3v) is 8.54. The number of hydrogen-bond donors (Lipinski definition) is 2. The highest BCUT2D eigenvalue weighted by Crippen LogP contribution is 2.21. The van der Waals surface area contributed by atoms with Gasteiger partial charge in [0.1, 0.15) is 0 Å². The highest BCUT2D eigenvalue weighted by molar-refractivity contribution is 7.92. The molecule has 8 heteroatoms. The van der Waals surface area contributed by atoms with Crippen LogP contribution < -0.4 is 10.0 Å². The molecule has 34 heavy (non-hydrogen) atoms. The molecule has 4 rings (SSSR count). The summed E-state index contributed by atoms with van der Waals surface area (Å²) in [5.74, 6) is 0.292. The van der Waals surface area contributed by atoms with Crippen LogP contribution in [-0.2, 0) is 16.6 Å². The van der Waals surface area contributed by atoms with E-state index in [4.69, 9.17) is 0 Å². The van der Waals surface area contributed by atoms with E-state index in [0.29, 0.717) is 23.7 Å². The van der Waals surface area contributed by atoms with Crippen LogP contribution in [0.2, 0.25) is 0 Å². The highest BCUT2D eigenvalue weighted by Gasteiger charge is 2.21. The minimum absolute atomic E-state index is 0.140. The number of aryl methyl sites for hydroxylation is 2. The first-order chi connectivity index (χ1) is 16.3. The Morgan fingerprint density at radius 1 is 1.09 bits per heavy atom. The van der Waals surface area contributed by atoms with E-state index in [1.807, 2.05) is 13.8 Å². The van der Waals surface area contributed by atoms with Crippen LogP contribution in [0.4, 0.5) is 5.69 Å². The molecule has 3 aromatic rings. The summed E-state index contributed by atoms with van der Waals surface area (Å²) in [6, 6.07) is 15.8. The number of sulfonamides is 1. The van der Waals surface area contributed by atoms with Crippen molar-refractivity contribution < 1.29 is 13.2 Å². The van der Waals surface area contributed by atoms with Crippen molar-refractivity contribution in [3.05, 3.63) is 81.5 Å². The predicted octanol–water partition coefficient (Wildman–Crippen LogP) is 4.81. The first kappa shape index (κ1) is 24.4. The lowest BCUT2D eigenvalue weighted by molar-refractivity contribution is 0.0931. The molecular formula is C26H31N3O3S2. The van der Waals surface area contributed by atoms with Gasteiger partial charge in [0, 0.05) is 35.8 Å². The van der Waals surface area contributed by atoms with Crippen LogP contribution in [0.5, 0.6) is 0 Å². The molecule has 180 valence electrons. The molecule has 1 unspecified atom stereocenters. The van der Waals surface area contributed by atoms with E-state index >= 15 is 0 Å². The summed E-state index contributed by atoms with van der Waals surface area (Å²) < 4.78 is 28.0. The standard InChI is InChI=1S/C26H31N3O3S2/c1-19-7-12-25(15-20(19)2)34(31,32)28-23-10-8-22(9-11-23)26(30)27-16-21-5-3-13-29(17-21)18-24-6-4-14-33-24/h4,6-12,14-15,21,28H,3,5,13,16-18H2,1-2H3,(H,27,30). The Hall–Kier alpha value is -2.68. The van der Waals surface area contributed by atoms with Crippen molar-refractivity contribution >= 4 is 33.0 Å². The molecule has 0 saturated carbocycles. The molecule has 1 saturated heterocycles. The molecule has 6 nitrogen and oxygen atoms in total. The number of carbonyl (C=O) groups is 1. The quantitative estimate of drug-likeness (QED) is 0.468. The van der Waals surface area contributed by atoms with Crippen molar-refractivity contribution in [3.8, 4) is 0 Å². The average molecular weight is 498 g/mol.